The Morgan fingerprint density at radius 2 is 1.86 bits per heavy atom. The maximum absolute atomic E-state index is 11.9. The van der Waals surface area contributed by atoms with Crippen molar-refractivity contribution in [2.45, 2.75) is 11.6 Å². The summed E-state index contributed by atoms with van der Waals surface area (Å²) in [6.07, 6.45) is 7.55. The number of anilines is 2. The molecule has 1 N–H and O–H groups in total. The fraction of sp³-hybridized carbons (Fsp3) is 0.120. The summed E-state index contributed by atoms with van der Waals surface area (Å²) in [5, 5.41) is 9.05. The fourth-order valence-corrected chi connectivity index (χ4v) is 4.63. The number of nitrogens with zero attached hydrogens (tertiary/aromatic N) is 5. The van der Waals surface area contributed by atoms with Crippen LogP contribution in [0.4, 0.5) is 11.6 Å². The van der Waals surface area contributed by atoms with Gasteiger partial charge < -0.3 is 14.8 Å². The first-order valence-electron chi connectivity index (χ1n) is 11.0. The number of sulfone groups is 1. The highest BCUT2D eigenvalue weighted by Gasteiger charge is 2.20. The van der Waals surface area contributed by atoms with Crippen molar-refractivity contribution in [3.8, 4) is 22.8 Å². The number of hydrogen-bond acceptors (Lipinski definition) is 9. The molecule has 0 bridgehead atoms. The zero-order chi connectivity index (χ0) is 26.0. The summed E-state index contributed by atoms with van der Waals surface area (Å²) >= 11 is 6.47. The number of halogens is 1. The van der Waals surface area contributed by atoms with E-state index in [9.17, 15) is 8.42 Å². The van der Waals surface area contributed by atoms with E-state index in [2.05, 4.69) is 25.4 Å². The second kappa shape index (κ2) is 10.1. The van der Waals surface area contributed by atoms with Gasteiger partial charge in [-0.1, -0.05) is 11.6 Å². The number of pyridine rings is 1. The van der Waals surface area contributed by atoms with Crippen LogP contribution < -0.4 is 10.1 Å². The van der Waals surface area contributed by atoms with Gasteiger partial charge in [0.05, 0.1) is 21.8 Å². The summed E-state index contributed by atoms with van der Waals surface area (Å²) in [6.45, 7) is 0.145. The van der Waals surface area contributed by atoms with Crippen molar-refractivity contribution in [3.63, 3.8) is 0 Å². The molecule has 12 heteroatoms. The molecular formula is C25H21ClN6O4S. The van der Waals surface area contributed by atoms with Crippen molar-refractivity contribution in [2.24, 2.45) is 0 Å². The molecule has 37 heavy (non-hydrogen) atoms. The molecule has 188 valence electrons. The number of nitrogens with one attached hydrogen (secondary N) is 1. The lowest BCUT2D eigenvalue weighted by Crippen LogP contribution is -2.03. The summed E-state index contributed by atoms with van der Waals surface area (Å²) in [4.78, 5) is 13.0. The van der Waals surface area contributed by atoms with Crippen LogP contribution in [0.5, 0.6) is 11.5 Å². The Bertz CT molecular complexity index is 1680. The topological polar surface area (TPSA) is 121 Å². The first kappa shape index (κ1) is 24.6. The molecule has 0 amide bonds. The van der Waals surface area contributed by atoms with Crippen molar-refractivity contribution in [2.75, 3.05) is 18.7 Å². The quantitative estimate of drug-likeness (QED) is 0.289. The number of fused-ring (bicyclic) bond motifs is 1. The number of aromatic nitrogens is 5. The first-order valence-corrected chi connectivity index (χ1v) is 13.3. The molecule has 10 nitrogen and oxygen atoms in total. The van der Waals surface area contributed by atoms with E-state index in [1.807, 2.05) is 6.07 Å². The van der Waals surface area contributed by atoms with Gasteiger partial charge in [-0.3, -0.25) is 9.97 Å². The second-order valence-electron chi connectivity index (χ2n) is 8.03. The van der Waals surface area contributed by atoms with Crippen LogP contribution >= 0.6 is 11.6 Å². The van der Waals surface area contributed by atoms with E-state index in [4.69, 9.17) is 21.1 Å². The third kappa shape index (κ3) is 5.24. The Kier molecular flexibility index (Phi) is 6.74. The van der Waals surface area contributed by atoms with Crippen molar-refractivity contribution < 1.29 is 17.9 Å². The Labute approximate surface area is 217 Å². The van der Waals surface area contributed by atoms with E-state index >= 15 is 0 Å². The van der Waals surface area contributed by atoms with E-state index < -0.39 is 9.84 Å². The van der Waals surface area contributed by atoms with Crippen LogP contribution in [-0.4, -0.2) is 46.5 Å². The van der Waals surface area contributed by atoms with Crippen LogP contribution in [0.2, 0.25) is 5.02 Å². The maximum Gasteiger partial charge on any atom is 0.175 e. The lowest BCUT2D eigenvalue weighted by molar-refractivity contribution is 0.124. The van der Waals surface area contributed by atoms with Gasteiger partial charge in [0.2, 0.25) is 0 Å². The Hall–Kier alpha value is -4.06. The van der Waals surface area contributed by atoms with Crippen molar-refractivity contribution in [3.05, 3.63) is 78.3 Å². The summed E-state index contributed by atoms with van der Waals surface area (Å²) in [5.41, 5.74) is 1.89. The molecule has 0 unspecified atom stereocenters. The SMILES string of the molecule is COCn1nc(Nc2cnccn2)c2cc(-c3ncccc3Cl)cc(Oc3ccc(S(C)(=O)=O)cc3)c21. The molecule has 5 rings (SSSR count). The highest BCUT2D eigenvalue weighted by atomic mass is 35.5. The molecule has 0 aliphatic carbocycles. The molecule has 2 aromatic carbocycles. The molecule has 0 saturated heterocycles. The smallest absolute Gasteiger partial charge is 0.175 e. The Morgan fingerprint density at radius 3 is 2.54 bits per heavy atom. The van der Waals surface area contributed by atoms with Gasteiger partial charge in [0.1, 0.15) is 23.8 Å². The average molecular weight is 537 g/mol. The zero-order valence-corrected chi connectivity index (χ0v) is 21.4. The summed E-state index contributed by atoms with van der Waals surface area (Å²) < 4.78 is 37.1. The summed E-state index contributed by atoms with van der Waals surface area (Å²) in [6, 6.07) is 13.4. The standard InChI is InChI=1S/C25H21ClN6O4S/c1-35-15-32-24-19(25(31-32)30-22-14-27-10-11-28-22)12-16(23-20(26)4-3-9-29-23)13-21(24)36-17-5-7-18(8-6-17)37(2,33)34/h3-14H,15H2,1-2H3,(H,28,30,31). The lowest BCUT2D eigenvalue weighted by atomic mass is 10.1. The lowest BCUT2D eigenvalue weighted by Gasteiger charge is -2.13. The van der Waals surface area contributed by atoms with Gasteiger partial charge in [-0.05, 0) is 48.5 Å². The van der Waals surface area contributed by atoms with E-state index in [1.54, 1.807) is 66.9 Å². The largest absolute Gasteiger partial charge is 0.455 e. The summed E-state index contributed by atoms with van der Waals surface area (Å²) in [7, 11) is -1.78. The van der Waals surface area contributed by atoms with Crippen molar-refractivity contribution in [1.29, 1.82) is 0 Å². The molecule has 0 aliphatic heterocycles. The number of benzene rings is 2. The zero-order valence-electron chi connectivity index (χ0n) is 19.8. The predicted octanol–water partition coefficient (Wildman–Crippen LogP) is 5.09. The van der Waals surface area contributed by atoms with Crippen LogP contribution in [0.25, 0.3) is 22.2 Å². The van der Waals surface area contributed by atoms with Crippen molar-refractivity contribution in [1.82, 2.24) is 24.7 Å². The minimum atomic E-state index is -3.34. The van der Waals surface area contributed by atoms with Crippen LogP contribution in [0.1, 0.15) is 0 Å². The molecule has 3 aromatic heterocycles. The van der Waals surface area contributed by atoms with Crippen LogP contribution in [0.3, 0.4) is 0 Å². The number of methoxy groups -OCH3 is 1. The van der Waals surface area contributed by atoms with Gasteiger partial charge in [-0.2, -0.15) is 5.10 Å². The van der Waals surface area contributed by atoms with Gasteiger partial charge in [0.25, 0.3) is 0 Å². The Balaban J connectivity index is 1.69. The van der Waals surface area contributed by atoms with Gasteiger partial charge in [0.15, 0.2) is 21.4 Å². The molecule has 0 atom stereocenters. The monoisotopic (exact) mass is 536 g/mol. The number of ether oxygens (including phenoxy) is 2. The van der Waals surface area contributed by atoms with Crippen LogP contribution in [0, 0.1) is 0 Å². The normalized spacial score (nSPS) is 11.5. The van der Waals surface area contributed by atoms with Crippen molar-refractivity contribution >= 4 is 44.0 Å². The average Bonchev–Trinajstić information content (AvgIpc) is 3.22. The molecule has 0 fully saturated rings. The highest BCUT2D eigenvalue weighted by molar-refractivity contribution is 7.90. The second-order valence-corrected chi connectivity index (χ2v) is 10.5. The highest BCUT2D eigenvalue weighted by Crippen LogP contribution is 2.40. The molecule has 0 spiro atoms. The van der Waals surface area contributed by atoms with E-state index in [1.165, 1.54) is 12.1 Å². The number of hydrogen-bond donors (Lipinski definition) is 1. The third-order valence-corrected chi connectivity index (χ3v) is 6.81. The number of rotatable bonds is 8. The fourth-order valence-electron chi connectivity index (χ4n) is 3.77. The molecule has 5 aromatic rings. The molecule has 0 radical (unpaired) electrons. The van der Waals surface area contributed by atoms with E-state index in [0.29, 0.717) is 50.3 Å². The minimum absolute atomic E-state index is 0.145. The molecule has 0 aliphatic rings. The first-order chi connectivity index (χ1) is 17.8. The van der Waals surface area contributed by atoms with E-state index in [-0.39, 0.29) is 11.6 Å². The van der Waals surface area contributed by atoms with Gasteiger partial charge in [-0.15, -0.1) is 0 Å². The van der Waals surface area contributed by atoms with Crippen LogP contribution in [-0.2, 0) is 21.3 Å². The third-order valence-electron chi connectivity index (χ3n) is 5.38. The minimum Gasteiger partial charge on any atom is -0.455 e. The maximum atomic E-state index is 11.9. The predicted molar refractivity (Wildman–Crippen MR) is 140 cm³/mol. The molecule has 0 saturated carbocycles. The van der Waals surface area contributed by atoms with E-state index in [0.717, 1.165) is 6.26 Å². The van der Waals surface area contributed by atoms with Gasteiger partial charge in [0, 0.05) is 42.9 Å². The molecule has 3 heterocycles. The Morgan fingerprint density at radius 1 is 1.05 bits per heavy atom. The van der Waals surface area contributed by atoms with Gasteiger partial charge in [-0.25, -0.2) is 18.1 Å². The molecular weight excluding hydrogens is 516 g/mol. The van der Waals surface area contributed by atoms with Gasteiger partial charge >= 0.3 is 0 Å². The van der Waals surface area contributed by atoms with Crippen LogP contribution in [0.15, 0.2) is 78.2 Å². The summed E-state index contributed by atoms with van der Waals surface area (Å²) in [5.74, 6) is 1.88.